The molecule has 1 unspecified atom stereocenters. The topological polar surface area (TPSA) is 90.5 Å². The smallest absolute Gasteiger partial charge is 0.307 e. The van der Waals surface area contributed by atoms with Crippen LogP contribution in [0.1, 0.15) is 24.6 Å². The molecule has 0 aliphatic carbocycles. The van der Waals surface area contributed by atoms with Crippen molar-refractivity contribution in [3.63, 3.8) is 0 Å². The molecular weight excluding hydrogens is 316 g/mol. The number of carbonyl (C=O) groups is 1. The molecule has 0 amide bonds. The lowest BCUT2D eigenvalue weighted by Crippen LogP contribution is -2.40. The van der Waals surface area contributed by atoms with Crippen molar-refractivity contribution in [2.75, 3.05) is 12.3 Å². The van der Waals surface area contributed by atoms with Crippen molar-refractivity contribution in [1.29, 1.82) is 0 Å². The molecule has 2 aromatic rings. The summed E-state index contributed by atoms with van der Waals surface area (Å²) in [7, 11) is -3.59. The highest BCUT2D eigenvalue weighted by Crippen LogP contribution is 2.29. The number of para-hydroxylation sites is 1. The van der Waals surface area contributed by atoms with Crippen LogP contribution >= 0.6 is 0 Å². The minimum atomic E-state index is -3.59. The molecule has 3 rings (SSSR count). The van der Waals surface area contributed by atoms with Crippen LogP contribution in [-0.4, -0.2) is 41.1 Å². The zero-order chi connectivity index (χ0) is 16.6. The average Bonchev–Trinajstić information content (AvgIpc) is 2.90. The Bertz CT molecular complexity index is 841. The largest absolute Gasteiger partial charge is 0.481 e. The Hall–Kier alpha value is -1.86. The lowest BCUT2D eigenvalue weighted by Gasteiger charge is -2.27. The second kappa shape index (κ2) is 5.98. The van der Waals surface area contributed by atoms with Crippen molar-refractivity contribution in [1.82, 2.24) is 9.29 Å². The molecule has 7 heteroatoms. The number of nitrogens with zero attached hydrogens (tertiary/aromatic N) is 1. The molecule has 0 radical (unpaired) electrons. The van der Waals surface area contributed by atoms with Gasteiger partial charge in [0.05, 0.1) is 18.2 Å². The second-order valence-electron chi connectivity index (χ2n) is 5.93. The van der Waals surface area contributed by atoms with Crippen LogP contribution in [0.2, 0.25) is 0 Å². The van der Waals surface area contributed by atoms with Crippen molar-refractivity contribution in [3.8, 4) is 0 Å². The number of hydrogen-bond acceptors (Lipinski definition) is 3. The summed E-state index contributed by atoms with van der Waals surface area (Å²) in [5, 5.41) is 10.2. The standard InChI is InChI=1S/C16H20N2O4S/c1-2-11(16(19)20)10-23(21,22)18-8-7-13-12-5-3-4-6-14(12)17-15(13)9-18/h3-6,11,17H,2,7-10H2,1H3,(H,19,20). The van der Waals surface area contributed by atoms with E-state index in [1.165, 1.54) is 4.31 Å². The number of carboxylic acids is 1. The van der Waals surface area contributed by atoms with E-state index >= 15 is 0 Å². The number of fused-ring (bicyclic) bond motifs is 3. The average molecular weight is 336 g/mol. The number of aromatic amines is 1. The summed E-state index contributed by atoms with van der Waals surface area (Å²) < 4.78 is 26.5. The highest BCUT2D eigenvalue weighted by atomic mass is 32.2. The third-order valence-electron chi connectivity index (χ3n) is 4.49. The zero-order valence-corrected chi connectivity index (χ0v) is 13.8. The van der Waals surface area contributed by atoms with Gasteiger partial charge in [-0.25, -0.2) is 8.42 Å². The third kappa shape index (κ3) is 2.98. The monoisotopic (exact) mass is 336 g/mol. The number of hydrogen-bond donors (Lipinski definition) is 2. The fourth-order valence-electron chi connectivity index (χ4n) is 3.13. The Balaban J connectivity index is 1.85. The molecule has 6 nitrogen and oxygen atoms in total. The SMILES string of the molecule is CCC(CS(=O)(=O)N1CCc2c([nH]c3ccccc23)C1)C(=O)O. The first kappa shape index (κ1) is 16.0. The Labute approximate surface area is 135 Å². The first-order chi connectivity index (χ1) is 10.9. The summed E-state index contributed by atoms with van der Waals surface area (Å²) in [6.45, 7) is 2.37. The van der Waals surface area contributed by atoms with E-state index < -0.39 is 21.9 Å². The second-order valence-corrected chi connectivity index (χ2v) is 7.95. The summed E-state index contributed by atoms with van der Waals surface area (Å²) in [4.78, 5) is 14.4. The molecular formula is C16H20N2O4S. The van der Waals surface area contributed by atoms with Crippen molar-refractivity contribution < 1.29 is 18.3 Å². The predicted molar refractivity (Wildman–Crippen MR) is 87.6 cm³/mol. The summed E-state index contributed by atoms with van der Waals surface area (Å²) in [6.07, 6.45) is 0.947. The van der Waals surface area contributed by atoms with E-state index in [0.29, 0.717) is 19.4 Å². The Morgan fingerprint density at radius 2 is 2.13 bits per heavy atom. The number of carboxylic acid groups (broad SMARTS) is 1. The molecule has 1 aliphatic heterocycles. The van der Waals surface area contributed by atoms with Crippen LogP contribution in [0.25, 0.3) is 10.9 Å². The molecule has 1 atom stereocenters. The van der Waals surface area contributed by atoms with Gasteiger partial charge in [0.2, 0.25) is 10.0 Å². The van der Waals surface area contributed by atoms with Gasteiger partial charge in [-0.3, -0.25) is 4.79 Å². The molecule has 1 aromatic heterocycles. The summed E-state index contributed by atoms with van der Waals surface area (Å²) in [5.74, 6) is -2.25. The molecule has 1 aromatic carbocycles. The predicted octanol–water partition coefficient (Wildman–Crippen LogP) is 1.97. The minimum Gasteiger partial charge on any atom is -0.481 e. The summed E-state index contributed by atoms with van der Waals surface area (Å²) in [5.41, 5.74) is 3.08. The van der Waals surface area contributed by atoms with E-state index in [1.807, 2.05) is 24.3 Å². The molecule has 0 bridgehead atoms. The van der Waals surface area contributed by atoms with Crippen LogP contribution in [0, 0.1) is 5.92 Å². The van der Waals surface area contributed by atoms with Gasteiger partial charge < -0.3 is 10.1 Å². The van der Waals surface area contributed by atoms with Gasteiger partial charge in [-0.2, -0.15) is 4.31 Å². The van der Waals surface area contributed by atoms with E-state index in [0.717, 1.165) is 22.2 Å². The highest BCUT2D eigenvalue weighted by molar-refractivity contribution is 7.89. The normalized spacial score (nSPS) is 17.1. The van der Waals surface area contributed by atoms with Gasteiger partial charge in [-0.1, -0.05) is 25.1 Å². The molecule has 0 saturated carbocycles. The number of rotatable bonds is 5. The first-order valence-corrected chi connectivity index (χ1v) is 9.32. The number of H-pyrrole nitrogens is 1. The van der Waals surface area contributed by atoms with Crippen LogP contribution < -0.4 is 0 Å². The van der Waals surface area contributed by atoms with E-state index in [4.69, 9.17) is 5.11 Å². The van der Waals surface area contributed by atoms with Gasteiger partial charge in [-0.15, -0.1) is 0 Å². The summed E-state index contributed by atoms with van der Waals surface area (Å²) in [6, 6.07) is 7.92. The maximum absolute atomic E-state index is 12.5. The molecule has 0 fully saturated rings. The van der Waals surface area contributed by atoms with Gasteiger partial charge in [-0.05, 0) is 24.5 Å². The van der Waals surface area contributed by atoms with Gasteiger partial charge >= 0.3 is 5.97 Å². The molecule has 0 saturated heterocycles. The number of aromatic nitrogens is 1. The number of sulfonamides is 1. The van der Waals surface area contributed by atoms with E-state index in [2.05, 4.69) is 4.98 Å². The van der Waals surface area contributed by atoms with Crippen LogP contribution in [0.15, 0.2) is 24.3 Å². The Morgan fingerprint density at radius 3 is 2.83 bits per heavy atom. The Kier molecular flexibility index (Phi) is 4.16. The minimum absolute atomic E-state index is 0.280. The maximum Gasteiger partial charge on any atom is 0.307 e. The third-order valence-corrected chi connectivity index (χ3v) is 6.42. The van der Waals surface area contributed by atoms with Crippen molar-refractivity contribution >= 4 is 26.9 Å². The zero-order valence-electron chi connectivity index (χ0n) is 12.9. The first-order valence-electron chi connectivity index (χ1n) is 7.71. The summed E-state index contributed by atoms with van der Waals surface area (Å²) >= 11 is 0. The Morgan fingerprint density at radius 1 is 1.39 bits per heavy atom. The lowest BCUT2D eigenvalue weighted by atomic mass is 10.1. The fourth-order valence-corrected chi connectivity index (χ4v) is 4.92. The van der Waals surface area contributed by atoms with Crippen molar-refractivity contribution in [3.05, 3.63) is 35.5 Å². The van der Waals surface area contributed by atoms with Gasteiger partial charge in [0.1, 0.15) is 0 Å². The van der Waals surface area contributed by atoms with Gasteiger partial charge in [0.25, 0.3) is 0 Å². The number of nitrogens with one attached hydrogen (secondary N) is 1. The van der Waals surface area contributed by atoms with Gasteiger partial charge in [0, 0.05) is 23.1 Å². The molecule has 124 valence electrons. The van der Waals surface area contributed by atoms with E-state index in [-0.39, 0.29) is 12.3 Å². The van der Waals surface area contributed by atoms with Crippen molar-refractivity contribution in [2.24, 2.45) is 5.92 Å². The molecule has 2 N–H and O–H groups in total. The van der Waals surface area contributed by atoms with E-state index in [9.17, 15) is 13.2 Å². The quantitative estimate of drug-likeness (QED) is 0.873. The molecule has 2 heterocycles. The van der Waals surface area contributed by atoms with Crippen LogP contribution in [0.4, 0.5) is 0 Å². The fraction of sp³-hybridized carbons (Fsp3) is 0.438. The molecule has 0 spiro atoms. The lowest BCUT2D eigenvalue weighted by molar-refractivity contribution is -0.141. The van der Waals surface area contributed by atoms with Gasteiger partial charge in [0.15, 0.2) is 0 Å². The van der Waals surface area contributed by atoms with Crippen molar-refractivity contribution in [2.45, 2.75) is 26.3 Å². The van der Waals surface area contributed by atoms with Crippen LogP contribution in [0.3, 0.4) is 0 Å². The van der Waals surface area contributed by atoms with Crippen LogP contribution in [-0.2, 0) is 27.8 Å². The maximum atomic E-state index is 12.5. The van der Waals surface area contributed by atoms with E-state index in [1.54, 1.807) is 6.92 Å². The highest BCUT2D eigenvalue weighted by Gasteiger charge is 2.32. The number of aliphatic carboxylic acids is 1. The molecule has 1 aliphatic rings. The van der Waals surface area contributed by atoms with Crippen LogP contribution in [0.5, 0.6) is 0 Å². The number of benzene rings is 1. The molecule has 23 heavy (non-hydrogen) atoms.